The van der Waals surface area contributed by atoms with E-state index in [1.54, 1.807) is 24.3 Å². The predicted octanol–water partition coefficient (Wildman–Crippen LogP) is 3.14. The van der Waals surface area contributed by atoms with Gasteiger partial charge in [0.25, 0.3) is 5.91 Å². The van der Waals surface area contributed by atoms with Crippen molar-refractivity contribution in [3.8, 4) is 17.2 Å². The number of nitrogens with zero attached hydrogens (tertiary/aromatic N) is 2. The summed E-state index contributed by atoms with van der Waals surface area (Å²) in [5, 5.41) is 10.1. The second-order valence-electron chi connectivity index (χ2n) is 4.62. The molecule has 2 aromatic carbocycles. The first-order valence-corrected chi connectivity index (χ1v) is 6.69. The summed E-state index contributed by atoms with van der Waals surface area (Å²) in [7, 11) is 1.42. The number of carbonyl (C=O) groups excluding carboxylic acids is 1. The number of hydrogen-bond acceptors (Lipinski definition) is 5. The predicted molar refractivity (Wildman–Crippen MR) is 80.6 cm³/mol. The number of aromatic nitrogens is 2. The molecule has 1 N–H and O–H groups in total. The lowest BCUT2D eigenvalue weighted by Crippen LogP contribution is -2.13. The Morgan fingerprint density at radius 2 is 2.13 bits per heavy atom. The number of rotatable bonds is 4. The Balaban J connectivity index is 1.86. The molecule has 1 heterocycles. The molecule has 23 heavy (non-hydrogen) atoms. The van der Waals surface area contributed by atoms with Crippen molar-refractivity contribution in [2.45, 2.75) is 0 Å². The summed E-state index contributed by atoms with van der Waals surface area (Å²) < 4.78 is 23.6. The fourth-order valence-electron chi connectivity index (χ4n) is 2.08. The molecule has 0 saturated carbocycles. The molecular weight excluding hydrogens is 301 g/mol. The zero-order valence-corrected chi connectivity index (χ0v) is 12.1. The van der Waals surface area contributed by atoms with Crippen LogP contribution in [-0.4, -0.2) is 23.2 Å². The van der Waals surface area contributed by atoms with Gasteiger partial charge in [-0.25, -0.2) is 4.39 Å². The molecule has 0 aliphatic carbocycles. The number of hydrogen-bond donors (Lipinski definition) is 1. The van der Waals surface area contributed by atoms with Crippen LogP contribution in [0.25, 0.3) is 11.5 Å². The van der Waals surface area contributed by atoms with Gasteiger partial charge in [0.15, 0.2) is 0 Å². The van der Waals surface area contributed by atoms with Gasteiger partial charge in [0.05, 0.1) is 12.7 Å². The second-order valence-corrected chi connectivity index (χ2v) is 4.62. The van der Waals surface area contributed by atoms with E-state index in [4.69, 9.17) is 9.15 Å². The van der Waals surface area contributed by atoms with E-state index in [2.05, 4.69) is 15.5 Å². The Morgan fingerprint density at radius 1 is 1.26 bits per heavy atom. The minimum absolute atomic E-state index is 0.107. The number of halogens is 1. The number of benzene rings is 2. The molecule has 0 unspecified atom stereocenters. The molecule has 1 aromatic heterocycles. The topological polar surface area (TPSA) is 77.2 Å². The zero-order chi connectivity index (χ0) is 16.2. The third kappa shape index (κ3) is 3.18. The van der Waals surface area contributed by atoms with E-state index in [0.717, 1.165) is 6.07 Å². The third-order valence-electron chi connectivity index (χ3n) is 3.13. The van der Waals surface area contributed by atoms with Crippen LogP contribution in [-0.2, 0) is 0 Å². The molecule has 0 spiro atoms. The lowest BCUT2D eigenvalue weighted by molar-refractivity contribution is 0.102. The molecule has 0 aliphatic heterocycles. The summed E-state index contributed by atoms with van der Waals surface area (Å²) in [6.45, 7) is 0. The summed E-state index contributed by atoms with van der Waals surface area (Å²) in [5.41, 5.74) is 1.28. The number of methoxy groups -OCH3 is 1. The van der Waals surface area contributed by atoms with Crippen molar-refractivity contribution >= 4 is 11.6 Å². The van der Waals surface area contributed by atoms with Crippen LogP contribution < -0.4 is 10.1 Å². The van der Waals surface area contributed by atoms with Gasteiger partial charge in [-0.1, -0.05) is 6.07 Å². The molecular formula is C16H12FN3O3. The normalized spacial score (nSPS) is 10.3. The fourth-order valence-corrected chi connectivity index (χ4v) is 2.08. The van der Waals surface area contributed by atoms with Crippen LogP contribution in [0.5, 0.6) is 5.75 Å². The van der Waals surface area contributed by atoms with Gasteiger partial charge in [0.2, 0.25) is 12.3 Å². The third-order valence-corrected chi connectivity index (χ3v) is 3.13. The zero-order valence-electron chi connectivity index (χ0n) is 12.1. The van der Waals surface area contributed by atoms with Gasteiger partial charge >= 0.3 is 0 Å². The fraction of sp³-hybridized carbons (Fsp3) is 0.0625. The van der Waals surface area contributed by atoms with Gasteiger partial charge in [0, 0.05) is 11.3 Å². The quantitative estimate of drug-likeness (QED) is 0.800. The summed E-state index contributed by atoms with van der Waals surface area (Å²) in [6, 6.07) is 10.6. The van der Waals surface area contributed by atoms with E-state index < -0.39 is 11.7 Å². The van der Waals surface area contributed by atoms with Crippen LogP contribution >= 0.6 is 0 Å². The molecule has 0 bridgehead atoms. The Morgan fingerprint density at radius 3 is 2.87 bits per heavy atom. The Bertz CT molecular complexity index is 834. The summed E-state index contributed by atoms with van der Waals surface area (Å²) in [4.78, 5) is 12.3. The van der Waals surface area contributed by atoms with Crippen LogP contribution in [0.2, 0.25) is 0 Å². The molecule has 7 heteroatoms. The van der Waals surface area contributed by atoms with Crippen molar-refractivity contribution in [3.63, 3.8) is 0 Å². The van der Waals surface area contributed by atoms with Crippen molar-refractivity contribution in [3.05, 3.63) is 60.2 Å². The van der Waals surface area contributed by atoms with Crippen molar-refractivity contribution < 1.29 is 18.3 Å². The Hall–Kier alpha value is -3.22. The highest BCUT2D eigenvalue weighted by atomic mass is 19.1. The van der Waals surface area contributed by atoms with Gasteiger partial charge in [-0.2, -0.15) is 0 Å². The minimum Gasteiger partial charge on any atom is -0.496 e. The summed E-state index contributed by atoms with van der Waals surface area (Å²) in [5.74, 6) is -0.374. The SMILES string of the molecule is COc1ccc(F)cc1C(=O)Nc1cccc(-c2nnco2)c1. The van der Waals surface area contributed by atoms with Gasteiger partial charge in [-0.3, -0.25) is 4.79 Å². The molecule has 0 saturated heterocycles. The molecule has 0 atom stereocenters. The van der Waals surface area contributed by atoms with Gasteiger partial charge in [-0.15, -0.1) is 10.2 Å². The van der Waals surface area contributed by atoms with E-state index in [9.17, 15) is 9.18 Å². The first-order chi connectivity index (χ1) is 11.2. The molecule has 3 rings (SSSR count). The average molecular weight is 313 g/mol. The van der Waals surface area contributed by atoms with E-state index >= 15 is 0 Å². The minimum atomic E-state index is -0.518. The first kappa shape index (κ1) is 14.7. The van der Waals surface area contributed by atoms with Gasteiger partial charge in [-0.05, 0) is 36.4 Å². The maximum atomic E-state index is 13.4. The average Bonchev–Trinajstić information content (AvgIpc) is 3.09. The Kier molecular flexibility index (Phi) is 4.01. The molecule has 6 nitrogen and oxygen atoms in total. The lowest BCUT2D eigenvalue weighted by Gasteiger charge is -2.10. The molecule has 116 valence electrons. The number of nitrogens with one attached hydrogen (secondary N) is 1. The van der Waals surface area contributed by atoms with Crippen molar-refractivity contribution in [1.82, 2.24) is 10.2 Å². The molecule has 3 aromatic rings. The smallest absolute Gasteiger partial charge is 0.259 e. The largest absolute Gasteiger partial charge is 0.496 e. The van der Waals surface area contributed by atoms with Gasteiger partial charge in [0.1, 0.15) is 11.6 Å². The molecule has 1 amide bonds. The van der Waals surface area contributed by atoms with Crippen LogP contribution in [0, 0.1) is 5.82 Å². The highest BCUT2D eigenvalue weighted by Gasteiger charge is 2.14. The van der Waals surface area contributed by atoms with Crippen LogP contribution in [0.3, 0.4) is 0 Å². The summed E-state index contributed by atoms with van der Waals surface area (Å²) >= 11 is 0. The molecule has 0 aliphatic rings. The van der Waals surface area contributed by atoms with E-state index in [0.29, 0.717) is 17.1 Å². The number of anilines is 1. The van der Waals surface area contributed by atoms with E-state index in [-0.39, 0.29) is 11.3 Å². The van der Waals surface area contributed by atoms with E-state index in [1.165, 1.54) is 25.6 Å². The number of ether oxygens (including phenoxy) is 1. The summed E-state index contributed by atoms with van der Waals surface area (Å²) in [6.07, 6.45) is 1.22. The van der Waals surface area contributed by atoms with Crippen LogP contribution in [0.1, 0.15) is 10.4 Å². The standard InChI is InChI=1S/C16H12FN3O3/c1-22-14-6-5-11(17)8-13(14)15(21)19-12-4-2-3-10(7-12)16-20-18-9-23-16/h2-9H,1H3,(H,19,21). The maximum absolute atomic E-state index is 13.4. The highest BCUT2D eigenvalue weighted by Crippen LogP contribution is 2.23. The second kappa shape index (κ2) is 6.27. The highest BCUT2D eigenvalue weighted by molar-refractivity contribution is 6.06. The number of carbonyl (C=O) groups is 1. The Labute approximate surface area is 130 Å². The van der Waals surface area contributed by atoms with Crippen molar-refractivity contribution in [2.75, 3.05) is 12.4 Å². The van der Waals surface area contributed by atoms with Crippen LogP contribution in [0.15, 0.2) is 53.3 Å². The van der Waals surface area contributed by atoms with Crippen molar-refractivity contribution in [1.29, 1.82) is 0 Å². The van der Waals surface area contributed by atoms with Crippen LogP contribution in [0.4, 0.5) is 10.1 Å². The monoisotopic (exact) mass is 313 g/mol. The number of amides is 1. The maximum Gasteiger partial charge on any atom is 0.259 e. The molecule has 0 radical (unpaired) electrons. The lowest BCUT2D eigenvalue weighted by atomic mass is 10.1. The molecule has 0 fully saturated rings. The van der Waals surface area contributed by atoms with Crippen molar-refractivity contribution in [2.24, 2.45) is 0 Å². The first-order valence-electron chi connectivity index (χ1n) is 6.69. The van der Waals surface area contributed by atoms with E-state index in [1.807, 2.05) is 0 Å². The van der Waals surface area contributed by atoms with Gasteiger partial charge < -0.3 is 14.5 Å².